The average molecular weight is 427 g/mol. The first-order valence-corrected chi connectivity index (χ1v) is 10.9. The third-order valence-electron chi connectivity index (χ3n) is 5.73. The van der Waals surface area contributed by atoms with E-state index in [1.54, 1.807) is 6.92 Å². The summed E-state index contributed by atoms with van der Waals surface area (Å²) >= 11 is 0. The van der Waals surface area contributed by atoms with Crippen LogP contribution < -0.4 is 10.2 Å². The normalized spacial score (nSPS) is 14.6. The number of aromatic nitrogens is 3. The third kappa shape index (κ3) is 6.19. The number of benzene rings is 1. The Labute approximate surface area is 184 Å². The second kappa shape index (κ2) is 10.8. The minimum atomic E-state index is 0.129. The Morgan fingerprint density at radius 3 is 2.42 bits per heavy atom. The van der Waals surface area contributed by atoms with Crippen molar-refractivity contribution in [2.45, 2.75) is 26.8 Å². The second-order valence-corrected chi connectivity index (χ2v) is 7.89. The summed E-state index contributed by atoms with van der Waals surface area (Å²) < 4.78 is 1.96. The van der Waals surface area contributed by atoms with Crippen molar-refractivity contribution in [2.24, 2.45) is 12.0 Å². The van der Waals surface area contributed by atoms with Gasteiger partial charge < -0.3 is 24.6 Å². The highest BCUT2D eigenvalue weighted by atomic mass is 16.2. The van der Waals surface area contributed by atoms with Gasteiger partial charge in [0.05, 0.1) is 0 Å². The molecule has 1 aliphatic heterocycles. The van der Waals surface area contributed by atoms with Crippen LogP contribution in [-0.2, 0) is 18.4 Å². The molecule has 0 radical (unpaired) electrons. The van der Waals surface area contributed by atoms with E-state index in [0.29, 0.717) is 6.54 Å². The fraction of sp³-hybridized carbons (Fsp3) is 0.545. The SMILES string of the molecule is CC(=O)N1CCN(C(=NCc2nnc(C)n2C)NCCCN(C)c2ccccc2)CC1. The molecule has 0 saturated carbocycles. The van der Waals surface area contributed by atoms with Crippen molar-refractivity contribution in [1.82, 2.24) is 29.9 Å². The van der Waals surface area contributed by atoms with E-state index in [1.165, 1.54) is 5.69 Å². The van der Waals surface area contributed by atoms with E-state index in [2.05, 4.69) is 56.6 Å². The van der Waals surface area contributed by atoms with Gasteiger partial charge in [0.25, 0.3) is 0 Å². The smallest absolute Gasteiger partial charge is 0.219 e. The van der Waals surface area contributed by atoms with Crippen LogP contribution in [0.2, 0.25) is 0 Å². The van der Waals surface area contributed by atoms with Crippen LogP contribution in [0.15, 0.2) is 35.3 Å². The summed E-state index contributed by atoms with van der Waals surface area (Å²) in [6.45, 7) is 8.78. The molecule has 1 fully saturated rings. The molecule has 1 aliphatic rings. The van der Waals surface area contributed by atoms with E-state index < -0.39 is 0 Å². The Morgan fingerprint density at radius 1 is 1.13 bits per heavy atom. The van der Waals surface area contributed by atoms with Gasteiger partial charge in [-0.1, -0.05) is 18.2 Å². The van der Waals surface area contributed by atoms with Crippen LogP contribution in [0.5, 0.6) is 0 Å². The number of aliphatic imine (C=N–C) groups is 1. The summed E-state index contributed by atoms with van der Waals surface area (Å²) in [7, 11) is 4.07. The highest BCUT2D eigenvalue weighted by Crippen LogP contribution is 2.11. The molecule has 31 heavy (non-hydrogen) atoms. The summed E-state index contributed by atoms with van der Waals surface area (Å²) in [6.07, 6.45) is 0.987. The second-order valence-electron chi connectivity index (χ2n) is 7.89. The minimum Gasteiger partial charge on any atom is -0.375 e. The maximum absolute atomic E-state index is 11.7. The molecule has 0 aliphatic carbocycles. The number of hydrogen-bond donors (Lipinski definition) is 1. The number of carbonyl (C=O) groups excluding carboxylic acids is 1. The average Bonchev–Trinajstić information content (AvgIpc) is 3.11. The largest absolute Gasteiger partial charge is 0.375 e. The number of amides is 1. The molecule has 1 saturated heterocycles. The molecular formula is C22H34N8O. The lowest BCUT2D eigenvalue weighted by molar-refractivity contribution is -0.130. The van der Waals surface area contributed by atoms with Gasteiger partial charge in [0.2, 0.25) is 5.91 Å². The van der Waals surface area contributed by atoms with Gasteiger partial charge in [-0.05, 0) is 25.5 Å². The number of nitrogens with one attached hydrogen (secondary N) is 1. The molecule has 0 bridgehead atoms. The summed E-state index contributed by atoms with van der Waals surface area (Å²) in [6, 6.07) is 10.4. The summed E-state index contributed by atoms with van der Waals surface area (Å²) in [5.74, 6) is 2.71. The predicted molar refractivity (Wildman–Crippen MR) is 123 cm³/mol. The Morgan fingerprint density at radius 2 is 1.81 bits per heavy atom. The molecule has 2 heterocycles. The number of hydrogen-bond acceptors (Lipinski definition) is 5. The fourth-order valence-corrected chi connectivity index (χ4v) is 3.56. The molecular weight excluding hydrogens is 392 g/mol. The molecule has 0 unspecified atom stereocenters. The number of anilines is 1. The summed E-state index contributed by atoms with van der Waals surface area (Å²) in [5.41, 5.74) is 1.22. The van der Waals surface area contributed by atoms with Crippen LogP contribution in [0.4, 0.5) is 5.69 Å². The number of rotatable bonds is 7. The summed E-state index contributed by atoms with van der Waals surface area (Å²) in [4.78, 5) is 22.9. The molecule has 1 amide bonds. The van der Waals surface area contributed by atoms with Gasteiger partial charge >= 0.3 is 0 Å². The van der Waals surface area contributed by atoms with Crippen LogP contribution >= 0.6 is 0 Å². The van der Waals surface area contributed by atoms with E-state index in [4.69, 9.17) is 4.99 Å². The Hall–Kier alpha value is -3.10. The van der Waals surface area contributed by atoms with E-state index >= 15 is 0 Å². The molecule has 2 aromatic rings. The zero-order valence-electron chi connectivity index (χ0n) is 19.1. The maximum atomic E-state index is 11.7. The first kappa shape index (κ1) is 22.6. The first-order valence-electron chi connectivity index (χ1n) is 10.9. The van der Waals surface area contributed by atoms with Crippen LogP contribution in [0.1, 0.15) is 25.0 Å². The zero-order chi connectivity index (χ0) is 22.2. The van der Waals surface area contributed by atoms with Crippen molar-refractivity contribution in [3.8, 4) is 0 Å². The van der Waals surface area contributed by atoms with Gasteiger partial charge in [-0.25, -0.2) is 4.99 Å². The van der Waals surface area contributed by atoms with Gasteiger partial charge in [0.1, 0.15) is 12.4 Å². The van der Waals surface area contributed by atoms with Crippen LogP contribution in [0.25, 0.3) is 0 Å². The van der Waals surface area contributed by atoms with E-state index in [9.17, 15) is 4.79 Å². The number of piperazine rings is 1. The summed E-state index contributed by atoms with van der Waals surface area (Å²) in [5, 5.41) is 11.9. The Kier molecular flexibility index (Phi) is 7.86. The van der Waals surface area contributed by atoms with Crippen molar-refractivity contribution in [2.75, 3.05) is 51.2 Å². The number of para-hydroxylation sites is 1. The van der Waals surface area contributed by atoms with Crippen molar-refractivity contribution < 1.29 is 4.79 Å². The molecule has 0 atom stereocenters. The highest BCUT2D eigenvalue weighted by molar-refractivity contribution is 5.80. The highest BCUT2D eigenvalue weighted by Gasteiger charge is 2.21. The van der Waals surface area contributed by atoms with Crippen molar-refractivity contribution in [3.63, 3.8) is 0 Å². The molecule has 3 rings (SSSR count). The number of nitrogens with zero attached hydrogens (tertiary/aromatic N) is 7. The Bertz CT molecular complexity index is 871. The van der Waals surface area contributed by atoms with Gasteiger partial charge in [0.15, 0.2) is 11.8 Å². The van der Waals surface area contributed by atoms with E-state index in [1.807, 2.05) is 29.5 Å². The molecule has 0 spiro atoms. The number of guanidine groups is 1. The van der Waals surface area contributed by atoms with Crippen LogP contribution in [0.3, 0.4) is 0 Å². The Balaban J connectivity index is 1.58. The lowest BCUT2D eigenvalue weighted by Crippen LogP contribution is -2.53. The third-order valence-corrected chi connectivity index (χ3v) is 5.73. The zero-order valence-corrected chi connectivity index (χ0v) is 19.1. The lowest BCUT2D eigenvalue weighted by Gasteiger charge is -2.36. The van der Waals surface area contributed by atoms with Crippen LogP contribution in [0, 0.1) is 6.92 Å². The minimum absolute atomic E-state index is 0.129. The van der Waals surface area contributed by atoms with E-state index in [0.717, 1.165) is 63.3 Å². The molecule has 168 valence electrons. The molecule has 9 heteroatoms. The quantitative estimate of drug-likeness (QED) is 0.408. The monoisotopic (exact) mass is 426 g/mol. The van der Waals surface area contributed by atoms with Crippen molar-refractivity contribution >= 4 is 17.6 Å². The predicted octanol–water partition coefficient (Wildman–Crippen LogP) is 1.26. The van der Waals surface area contributed by atoms with Crippen molar-refractivity contribution in [1.29, 1.82) is 0 Å². The van der Waals surface area contributed by atoms with E-state index in [-0.39, 0.29) is 5.91 Å². The molecule has 1 aromatic heterocycles. The van der Waals surface area contributed by atoms with Gasteiger partial charge in [-0.3, -0.25) is 4.79 Å². The van der Waals surface area contributed by atoms with Gasteiger partial charge in [-0.15, -0.1) is 10.2 Å². The van der Waals surface area contributed by atoms with Gasteiger partial charge in [0, 0.05) is 66.0 Å². The number of carbonyl (C=O) groups is 1. The molecule has 9 nitrogen and oxygen atoms in total. The van der Waals surface area contributed by atoms with Crippen molar-refractivity contribution in [3.05, 3.63) is 42.0 Å². The molecule has 1 aromatic carbocycles. The standard InChI is InChI=1S/C22H34N8O/c1-18-25-26-21(28(18)4)17-24-22(30-15-13-29(14-16-30)19(2)31)23-11-8-12-27(3)20-9-6-5-7-10-20/h5-7,9-10H,8,11-17H2,1-4H3,(H,23,24). The first-order chi connectivity index (χ1) is 15.0. The maximum Gasteiger partial charge on any atom is 0.219 e. The lowest BCUT2D eigenvalue weighted by atomic mass is 10.3. The fourth-order valence-electron chi connectivity index (χ4n) is 3.56. The van der Waals surface area contributed by atoms with Crippen LogP contribution in [-0.4, -0.2) is 82.7 Å². The topological polar surface area (TPSA) is 81.9 Å². The number of aryl methyl sites for hydroxylation is 1. The van der Waals surface area contributed by atoms with Gasteiger partial charge in [-0.2, -0.15) is 0 Å². The molecule has 1 N–H and O–H groups in total.